The Labute approximate surface area is 206 Å². The Kier molecular flexibility index (Phi) is 9.16. The molecule has 3 N–H and O–H groups in total. The Morgan fingerprint density at radius 1 is 1.27 bits per heavy atom. The zero-order valence-corrected chi connectivity index (χ0v) is 22.1. The maximum atomic E-state index is 10.6. The molecule has 1 unspecified atom stereocenters. The summed E-state index contributed by atoms with van der Waals surface area (Å²) in [6.07, 6.45) is 15.1. The molecule has 33 heavy (non-hydrogen) atoms. The van der Waals surface area contributed by atoms with Crippen molar-refractivity contribution in [1.29, 1.82) is 0 Å². The number of aliphatic hydroxyl groups excluding tert-OH is 2. The highest BCUT2D eigenvalue weighted by Crippen LogP contribution is 2.56. The van der Waals surface area contributed by atoms with E-state index in [-0.39, 0.29) is 5.41 Å². The number of hydrogen-bond donors (Lipinski definition) is 3. The quantitative estimate of drug-likeness (QED) is 0.264. The number of allylic oxidation sites excluding steroid dienone is 4. The number of rotatable bonds is 9. The summed E-state index contributed by atoms with van der Waals surface area (Å²) in [6, 6.07) is 0. The first kappa shape index (κ1) is 26.8. The van der Waals surface area contributed by atoms with Crippen LogP contribution in [0.3, 0.4) is 0 Å². The molecule has 0 aromatic rings. The van der Waals surface area contributed by atoms with Gasteiger partial charge in [-0.05, 0) is 92.9 Å². The Balaban J connectivity index is 1.63. The molecule has 0 aliphatic heterocycles. The lowest BCUT2D eigenvalue weighted by Gasteiger charge is -2.42. The number of thioether (sulfide) groups is 1. The molecule has 3 rings (SSSR count). The summed E-state index contributed by atoms with van der Waals surface area (Å²) < 4.78 is 0. The maximum absolute atomic E-state index is 10.6. The molecule has 4 heteroatoms. The normalized spacial score (nSPS) is 34.0. The zero-order chi connectivity index (χ0) is 24.2. The van der Waals surface area contributed by atoms with Gasteiger partial charge >= 0.3 is 0 Å². The van der Waals surface area contributed by atoms with Gasteiger partial charge in [-0.15, -0.1) is 0 Å². The first-order valence-electron chi connectivity index (χ1n) is 13.1. The van der Waals surface area contributed by atoms with E-state index in [1.165, 1.54) is 18.4 Å². The average molecular weight is 475 g/mol. The minimum atomic E-state index is -0.627. The zero-order valence-electron chi connectivity index (χ0n) is 21.3. The summed E-state index contributed by atoms with van der Waals surface area (Å²) in [5.41, 5.74) is 4.63. The third kappa shape index (κ3) is 6.07. The summed E-state index contributed by atoms with van der Waals surface area (Å²) >= 11 is 2.05. The van der Waals surface area contributed by atoms with Crippen molar-refractivity contribution in [2.75, 3.05) is 5.75 Å². The Bertz CT molecular complexity index is 791. The van der Waals surface area contributed by atoms with Crippen molar-refractivity contribution in [2.24, 2.45) is 11.3 Å². The van der Waals surface area contributed by atoms with Crippen molar-refractivity contribution in [3.05, 3.63) is 47.1 Å². The van der Waals surface area contributed by atoms with E-state index in [1.807, 2.05) is 11.8 Å². The summed E-state index contributed by atoms with van der Waals surface area (Å²) in [4.78, 5) is 0. The van der Waals surface area contributed by atoms with E-state index < -0.39 is 17.8 Å². The highest BCUT2D eigenvalue weighted by Gasteiger charge is 2.46. The SMILES string of the molecule is C=C1/C(=C\C=C2/CCC[C@]3(C)C(C(C)SCCCC(O)(CC)CC)=CC[C@@H]23)C[C@@H](O)C[C@@H]1O. The van der Waals surface area contributed by atoms with Gasteiger partial charge in [-0.25, -0.2) is 0 Å². The van der Waals surface area contributed by atoms with E-state index in [0.717, 1.165) is 55.4 Å². The fourth-order valence-corrected chi connectivity index (χ4v) is 7.51. The molecule has 0 saturated heterocycles. The van der Waals surface area contributed by atoms with Gasteiger partial charge in [-0.3, -0.25) is 0 Å². The Morgan fingerprint density at radius 3 is 2.70 bits per heavy atom. The summed E-state index contributed by atoms with van der Waals surface area (Å²) in [5, 5.41) is 31.3. The van der Waals surface area contributed by atoms with Crippen molar-refractivity contribution in [1.82, 2.24) is 0 Å². The lowest BCUT2D eigenvalue weighted by atomic mass is 9.64. The highest BCUT2D eigenvalue weighted by molar-refractivity contribution is 8.00. The molecule has 0 spiro atoms. The second-order valence-corrected chi connectivity index (χ2v) is 12.3. The van der Waals surface area contributed by atoms with Gasteiger partial charge < -0.3 is 15.3 Å². The van der Waals surface area contributed by atoms with Gasteiger partial charge in [0.1, 0.15) is 0 Å². The Hall–Kier alpha value is -0.810. The van der Waals surface area contributed by atoms with Crippen molar-refractivity contribution < 1.29 is 15.3 Å². The lowest BCUT2D eigenvalue weighted by molar-refractivity contribution is 0.0232. The first-order valence-corrected chi connectivity index (χ1v) is 14.2. The van der Waals surface area contributed by atoms with E-state index in [1.54, 1.807) is 5.57 Å². The largest absolute Gasteiger partial charge is 0.393 e. The van der Waals surface area contributed by atoms with Gasteiger partial charge in [-0.2, -0.15) is 11.8 Å². The van der Waals surface area contributed by atoms with Crippen molar-refractivity contribution in [3.8, 4) is 0 Å². The molecule has 2 saturated carbocycles. The number of aliphatic hydroxyl groups is 3. The predicted molar refractivity (Wildman–Crippen MR) is 141 cm³/mol. The highest BCUT2D eigenvalue weighted by atomic mass is 32.2. The second kappa shape index (κ2) is 11.3. The van der Waals surface area contributed by atoms with E-state index in [4.69, 9.17) is 0 Å². The van der Waals surface area contributed by atoms with E-state index in [2.05, 4.69) is 52.5 Å². The Morgan fingerprint density at radius 2 is 2.00 bits per heavy atom. The molecule has 5 atom stereocenters. The molecular formula is C29H46O3S. The van der Waals surface area contributed by atoms with Crippen LogP contribution in [0.1, 0.15) is 91.9 Å². The molecule has 0 amide bonds. The molecule has 186 valence electrons. The molecule has 3 aliphatic carbocycles. The lowest BCUT2D eigenvalue weighted by Crippen LogP contribution is -2.33. The van der Waals surface area contributed by atoms with Crippen LogP contribution in [0, 0.1) is 11.3 Å². The van der Waals surface area contributed by atoms with Crippen LogP contribution in [0.5, 0.6) is 0 Å². The van der Waals surface area contributed by atoms with E-state index >= 15 is 0 Å². The molecular weight excluding hydrogens is 428 g/mol. The van der Waals surface area contributed by atoms with Crippen LogP contribution >= 0.6 is 11.8 Å². The smallest absolute Gasteiger partial charge is 0.0811 e. The van der Waals surface area contributed by atoms with Gasteiger partial charge in [0.25, 0.3) is 0 Å². The third-order valence-corrected chi connectivity index (χ3v) is 10.1. The molecule has 0 bridgehead atoms. The van der Waals surface area contributed by atoms with E-state index in [0.29, 0.717) is 24.0 Å². The van der Waals surface area contributed by atoms with Gasteiger partial charge in [0.2, 0.25) is 0 Å². The minimum Gasteiger partial charge on any atom is -0.393 e. The van der Waals surface area contributed by atoms with Crippen LogP contribution in [0.25, 0.3) is 0 Å². The van der Waals surface area contributed by atoms with Crippen LogP contribution < -0.4 is 0 Å². The standard InChI is InChI=1S/C29H46O3S/c1-6-29(32,7-2)16-9-17-33-21(4)25-13-14-26-22(10-8-15-28(25,26)5)11-12-23-18-24(30)19-27(31)20(23)3/h11-13,21,24,26-27,30-32H,3,6-10,14-19H2,1-2,4-5H3/b22-11+,23-12-/t21?,24-,26+,27+,28-/m1/s1. The molecule has 2 fully saturated rings. The van der Waals surface area contributed by atoms with Crippen LogP contribution in [0.15, 0.2) is 47.1 Å². The van der Waals surface area contributed by atoms with Crippen molar-refractivity contribution in [3.63, 3.8) is 0 Å². The fraction of sp³-hybridized carbons (Fsp3) is 0.724. The first-order chi connectivity index (χ1) is 15.6. The minimum absolute atomic E-state index is 0.227. The van der Waals surface area contributed by atoms with Gasteiger partial charge in [0, 0.05) is 11.7 Å². The van der Waals surface area contributed by atoms with Crippen LogP contribution in [-0.2, 0) is 0 Å². The number of fused-ring (bicyclic) bond motifs is 1. The summed E-state index contributed by atoms with van der Waals surface area (Å²) in [6.45, 7) is 13.1. The average Bonchev–Trinajstić information content (AvgIpc) is 3.15. The molecule has 3 nitrogen and oxygen atoms in total. The molecule has 0 aromatic heterocycles. The van der Waals surface area contributed by atoms with Crippen molar-refractivity contribution in [2.45, 2.75) is 115 Å². The monoisotopic (exact) mass is 474 g/mol. The van der Waals surface area contributed by atoms with Gasteiger partial charge in [0.15, 0.2) is 0 Å². The maximum Gasteiger partial charge on any atom is 0.0811 e. The van der Waals surface area contributed by atoms with Crippen LogP contribution in [0.2, 0.25) is 0 Å². The van der Waals surface area contributed by atoms with Crippen LogP contribution in [0.4, 0.5) is 0 Å². The van der Waals surface area contributed by atoms with Gasteiger partial charge in [-0.1, -0.05) is 56.7 Å². The fourth-order valence-electron chi connectivity index (χ4n) is 6.30. The third-order valence-electron chi connectivity index (χ3n) is 8.78. The second-order valence-electron chi connectivity index (χ2n) is 10.8. The number of hydrogen-bond acceptors (Lipinski definition) is 4. The molecule has 3 aliphatic rings. The topological polar surface area (TPSA) is 60.7 Å². The van der Waals surface area contributed by atoms with Crippen LogP contribution in [-0.4, -0.2) is 44.1 Å². The summed E-state index contributed by atoms with van der Waals surface area (Å²) in [5.74, 6) is 1.65. The van der Waals surface area contributed by atoms with E-state index in [9.17, 15) is 15.3 Å². The molecule has 0 heterocycles. The molecule has 0 radical (unpaired) electrons. The van der Waals surface area contributed by atoms with Crippen molar-refractivity contribution >= 4 is 11.8 Å². The predicted octanol–water partition coefficient (Wildman–Crippen LogP) is 6.50. The van der Waals surface area contributed by atoms with Gasteiger partial charge in [0.05, 0.1) is 17.8 Å². The summed E-state index contributed by atoms with van der Waals surface area (Å²) in [7, 11) is 0. The molecule has 0 aromatic carbocycles.